The number of hydrogen-bond acceptors (Lipinski definition) is 5. The molecule has 1 fully saturated rings. The largest absolute Gasteiger partial charge is 0.377 e. The van der Waals surface area contributed by atoms with Gasteiger partial charge in [-0.15, -0.1) is 0 Å². The van der Waals surface area contributed by atoms with Crippen molar-refractivity contribution in [1.29, 1.82) is 0 Å². The molecule has 0 radical (unpaired) electrons. The van der Waals surface area contributed by atoms with E-state index in [4.69, 9.17) is 4.74 Å². The lowest BCUT2D eigenvalue weighted by molar-refractivity contribution is -0.131. The van der Waals surface area contributed by atoms with Gasteiger partial charge in [-0.2, -0.15) is 5.10 Å². The zero-order valence-electron chi connectivity index (χ0n) is 12.0. The number of rotatable bonds is 3. The van der Waals surface area contributed by atoms with Crippen molar-refractivity contribution in [3.63, 3.8) is 0 Å². The van der Waals surface area contributed by atoms with Gasteiger partial charge in [0.2, 0.25) is 5.91 Å². The predicted molar refractivity (Wildman–Crippen MR) is 73.8 cm³/mol. The minimum atomic E-state index is -0.692. The van der Waals surface area contributed by atoms with E-state index in [1.807, 2.05) is 13.8 Å². The summed E-state index contributed by atoms with van der Waals surface area (Å²) in [5.41, 5.74) is -0.290. The first kappa shape index (κ1) is 15.2. The highest BCUT2D eigenvalue weighted by molar-refractivity contribution is 5.96. The minimum absolute atomic E-state index is 0.0254. The van der Waals surface area contributed by atoms with Crippen LogP contribution >= 0.6 is 0 Å². The maximum absolute atomic E-state index is 12.4. The van der Waals surface area contributed by atoms with Crippen molar-refractivity contribution in [1.82, 2.24) is 20.4 Å². The lowest BCUT2D eigenvalue weighted by Gasteiger charge is -2.34. The number of hydrogen-bond donors (Lipinski definition) is 2. The topological polar surface area (TPSA) is 104 Å². The molecular weight excluding hydrogens is 276 g/mol. The van der Waals surface area contributed by atoms with Crippen molar-refractivity contribution < 1.29 is 14.3 Å². The molecule has 2 N–H and O–H groups in total. The third-order valence-electron chi connectivity index (χ3n) is 3.02. The molecular formula is C13H18N4O4. The van der Waals surface area contributed by atoms with Crippen LogP contribution in [0.5, 0.6) is 0 Å². The first-order valence-electron chi connectivity index (χ1n) is 6.74. The molecule has 0 spiro atoms. The molecule has 114 valence electrons. The molecule has 0 bridgehead atoms. The first-order valence-corrected chi connectivity index (χ1v) is 6.74. The standard InChI is InChI=1S/C13H18N4O4/c1-8(2)14-12(19)10-7-21-6-5-17(10)13(20)9-3-4-11(18)16-15-9/h3-4,8,10H,5-7H2,1-2H3,(H,14,19)(H,16,18). The maximum atomic E-state index is 12.4. The number of H-pyrrole nitrogens is 1. The van der Waals surface area contributed by atoms with E-state index in [9.17, 15) is 14.4 Å². The van der Waals surface area contributed by atoms with Gasteiger partial charge in [-0.25, -0.2) is 5.10 Å². The highest BCUT2D eigenvalue weighted by Gasteiger charge is 2.34. The highest BCUT2D eigenvalue weighted by Crippen LogP contribution is 2.11. The van der Waals surface area contributed by atoms with Crippen molar-refractivity contribution in [2.75, 3.05) is 19.8 Å². The number of morpholine rings is 1. The average Bonchev–Trinajstić information content (AvgIpc) is 2.46. The Labute approximate surface area is 121 Å². The summed E-state index contributed by atoms with van der Waals surface area (Å²) in [6.07, 6.45) is 0. The van der Waals surface area contributed by atoms with Crippen molar-refractivity contribution in [3.05, 3.63) is 28.2 Å². The van der Waals surface area contributed by atoms with Gasteiger partial charge in [-0.3, -0.25) is 14.4 Å². The van der Waals surface area contributed by atoms with E-state index in [-0.39, 0.29) is 29.8 Å². The molecule has 1 atom stereocenters. The molecule has 2 amide bonds. The first-order chi connectivity index (χ1) is 9.99. The number of carbonyl (C=O) groups excluding carboxylic acids is 2. The van der Waals surface area contributed by atoms with Gasteiger partial charge in [0, 0.05) is 18.7 Å². The van der Waals surface area contributed by atoms with E-state index in [1.165, 1.54) is 17.0 Å². The predicted octanol–water partition coefficient (Wildman–Crippen LogP) is -0.864. The molecule has 1 aromatic heterocycles. The van der Waals surface area contributed by atoms with Gasteiger partial charge in [-0.1, -0.05) is 0 Å². The van der Waals surface area contributed by atoms with Crippen molar-refractivity contribution in [2.45, 2.75) is 25.9 Å². The molecule has 0 aromatic carbocycles. The number of aromatic nitrogens is 2. The highest BCUT2D eigenvalue weighted by atomic mass is 16.5. The molecule has 2 rings (SSSR count). The fraction of sp³-hybridized carbons (Fsp3) is 0.538. The second kappa shape index (κ2) is 6.49. The van der Waals surface area contributed by atoms with Crippen LogP contribution in [0.4, 0.5) is 0 Å². The van der Waals surface area contributed by atoms with E-state index in [1.54, 1.807) is 0 Å². The van der Waals surface area contributed by atoms with Gasteiger partial charge in [0.25, 0.3) is 11.5 Å². The summed E-state index contributed by atoms with van der Waals surface area (Å²) in [7, 11) is 0. The Bertz CT molecular complexity index is 563. The van der Waals surface area contributed by atoms with E-state index in [2.05, 4.69) is 15.5 Å². The molecule has 1 aliphatic rings. The SMILES string of the molecule is CC(C)NC(=O)C1COCCN1C(=O)c1ccc(=O)[nH]n1. The van der Waals surface area contributed by atoms with Gasteiger partial charge in [0.05, 0.1) is 13.2 Å². The summed E-state index contributed by atoms with van der Waals surface area (Å²) in [6.45, 7) is 4.50. The van der Waals surface area contributed by atoms with Crippen LogP contribution in [0.25, 0.3) is 0 Å². The van der Waals surface area contributed by atoms with Crippen molar-refractivity contribution in [2.24, 2.45) is 0 Å². The number of carbonyl (C=O) groups is 2. The summed E-state index contributed by atoms with van der Waals surface area (Å²) < 4.78 is 5.29. The molecule has 1 aliphatic heterocycles. The molecule has 1 unspecified atom stereocenters. The number of amides is 2. The second-order valence-corrected chi connectivity index (χ2v) is 5.06. The number of ether oxygens (including phenoxy) is 1. The average molecular weight is 294 g/mol. The monoisotopic (exact) mass is 294 g/mol. The minimum Gasteiger partial charge on any atom is -0.377 e. The van der Waals surface area contributed by atoms with E-state index >= 15 is 0 Å². The second-order valence-electron chi connectivity index (χ2n) is 5.06. The smallest absolute Gasteiger partial charge is 0.275 e. The Balaban J connectivity index is 2.17. The van der Waals surface area contributed by atoms with Crippen LogP contribution in [0.1, 0.15) is 24.3 Å². The fourth-order valence-corrected chi connectivity index (χ4v) is 2.06. The maximum Gasteiger partial charge on any atom is 0.275 e. The van der Waals surface area contributed by atoms with Crippen LogP contribution in [0.3, 0.4) is 0 Å². The summed E-state index contributed by atoms with van der Waals surface area (Å²) in [5, 5.41) is 8.69. The number of nitrogens with one attached hydrogen (secondary N) is 2. The van der Waals surface area contributed by atoms with Gasteiger partial charge in [0.15, 0.2) is 0 Å². The number of aromatic amines is 1. The molecule has 8 nitrogen and oxygen atoms in total. The zero-order valence-corrected chi connectivity index (χ0v) is 12.0. The van der Waals surface area contributed by atoms with E-state index in [0.29, 0.717) is 13.2 Å². The Hall–Kier alpha value is -2.22. The Kier molecular flexibility index (Phi) is 4.69. The van der Waals surface area contributed by atoms with Crippen molar-refractivity contribution in [3.8, 4) is 0 Å². The Morgan fingerprint density at radius 1 is 1.48 bits per heavy atom. The Morgan fingerprint density at radius 2 is 2.24 bits per heavy atom. The fourth-order valence-electron chi connectivity index (χ4n) is 2.06. The third kappa shape index (κ3) is 3.66. The van der Waals surface area contributed by atoms with Crippen LogP contribution in [0.15, 0.2) is 16.9 Å². The molecule has 21 heavy (non-hydrogen) atoms. The Morgan fingerprint density at radius 3 is 2.86 bits per heavy atom. The third-order valence-corrected chi connectivity index (χ3v) is 3.02. The van der Waals surface area contributed by atoms with Crippen LogP contribution in [0, 0.1) is 0 Å². The van der Waals surface area contributed by atoms with Gasteiger partial charge in [-0.05, 0) is 19.9 Å². The van der Waals surface area contributed by atoms with Gasteiger partial charge in [0.1, 0.15) is 11.7 Å². The summed E-state index contributed by atoms with van der Waals surface area (Å²) >= 11 is 0. The summed E-state index contributed by atoms with van der Waals surface area (Å²) in [5.74, 6) is -0.666. The van der Waals surface area contributed by atoms with E-state index < -0.39 is 11.9 Å². The van der Waals surface area contributed by atoms with Crippen LogP contribution in [-0.2, 0) is 9.53 Å². The molecule has 1 aromatic rings. The lowest BCUT2D eigenvalue weighted by atomic mass is 10.1. The number of nitrogens with zero attached hydrogens (tertiary/aromatic N) is 2. The lowest BCUT2D eigenvalue weighted by Crippen LogP contribution is -2.56. The zero-order chi connectivity index (χ0) is 15.4. The molecule has 1 saturated heterocycles. The molecule has 0 aliphatic carbocycles. The van der Waals surface area contributed by atoms with Crippen LogP contribution in [0.2, 0.25) is 0 Å². The van der Waals surface area contributed by atoms with Gasteiger partial charge < -0.3 is 15.0 Å². The van der Waals surface area contributed by atoms with E-state index in [0.717, 1.165) is 0 Å². The molecule has 2 heterocycles. The summed E-state index contributed by atoms with van der Waals surface area (Å²) in [6, 6.07) is 1.85. The van der Waals surface area contributed by atoms with Crippen LogP contribution < -0.4 is 10.9 Å². The normalized spacial score (nSPS) is 18.6. The quantitative estimate of drug-likeness (QED) is 0.754. The van der Waals surface area contributed by atoms with Crippen LogP contribution in [-0.4, -0.2) is 58.8 Å². The van der Waals surface area contributed by atoms with Crippen molar-refractivity contribution >= 4 is 11.8 Å². The molecule has 0 saturated carbocycles. The molecule has 8 heteroatoms. The summed E-state index contributed by atoms with van der Waals surface area (Å²) in [4.78, 5) is 37.0. The van der Waals surface area contributed by atoms with Gasteiger partial charge >= 0.3 is 0 Å².